The van der Waals surface area contributed by atoms with E-state index in [4.69, 9.17) is 4.42 Å². The first-order valence-corrected chi connectivity index (χ1v) is 13.5. The molecule has 5 rings (SSSR count). The SMILES string of the molecule is C1CCc2nnnn2CC1.O=[As]O[As]=O.O=c1cc(-c2ccc(O)c(O)c2)oc2cc(O)cc(O)c12. The Bertz CT molecular complexity index is 1400. The van der Waals surface area contributed by atoms with Gasteiger partial charge < -0.3 is 24.8 Å². The second-order valence-corrected chi connectivity index (χ2v) is 10.1. The molecule has 188 valence electrons. The Kier molecular flexibility index (Phi) is 9.86. The van der Waals surface area contributed by atoms with Crippen LogP contribution in [0, 0.1) is 0 Å². The normalized spacial score (nSPS) is 12.7. The molecule has 1 aliphatic heterocycles. The van der Waals surface area contributed by atoms with Crippen LogP contribution in [0.3, 0.4) is 0 Å². The summed E-state index contributed by atoms with van der Waals surface area (Å²) in [7, 11) is 0. The van der Waals surface area contributed by atoms with Crippen LogP contribution in [0.1, 0.15) is 25.1 Å². The maximum Gasteiger partial charge on any atom is 0.197 e. The summed E-state index contributed by atoms with van der Waals surface area (Å²) >= 11 is -2.61. The van der Waals surface area contributed by atoms with Gasteiger partial charge in [0.2, 0.25) is 0 Å². The monoisotopic (exact) mass is 622 g/mol. The van der Waals surface area contributed by atoms with Crippen molar-refractivity contribution in [3.05, 3.63) is 52.4 Å². The molecular weight excluding hydrogens is 602 g/mol. The first-order valence-electron chi connectivity index (χ1n) is 10.4. The fraction of sp³-hybridized carbons (Fsp3) is 0.238. The smallest absolute Gasteiger partial charge is 0.197 e. The third kappa shape index (κ3) is 7.06. The van der Waals surface area contributed by atoms with E-state index in [9.17, 15) is 32.7 Å². The molecule has 0 spiro atoms. The number of aryl methyl sites for hydroxylation is 2. The van der Waals surface area contributed by atoms with Gasteiger partial charge in [-0.2, -0.15) is 0 Å². The van der Waals surface area contributed by atoms with Gasteiger partial charge in [0.15, 0.2) is 22.8 Å². The number of rotatable bonds is 3. The Morgan fingerprint density at radius 3 is 2.39 bits per heavy atom. The molecular formula is C21H20As2N4O9. The zero-order valence-electron chi connectivity index (χ0n) is 18.5. The first kappa shape index (κ1) is 27.2. The molecule has 0 amide bonds. The van der Waals surface area contributed by atoms with Crippen LogP contribution in [0.4, 0.5) is 0 Å². The Hall–Kier alpha value is -3.40. The second kappa shape index (κ2) is 13.1. The van der Waals surface area contributed by atoms with Gasteiger partial charge in [-0.15, -0.1) is 5.10 Å². The Balaban J connectivity index is 0.000000198. The largest absolute Gasteiger partial charge is 0.508 e. The van der Waals surface area contributed by atoms with Gasteiger partial charge in [-0.3, -0.25) is 4.79 Å². The Morgan fingerprint density at radius 2 is 1.69 bits per heavy atom. The van der Waals surface area contributed by atoms with E-state index in [1.807, 2.05) is 4.68 Å². The Labute approximate surface area is 216 Å². The number of phenols is 4. The van der Waals surface area contributed by atoms with E-state index in [0.29, 0.717) is 5.56 Å². The molecule has 4 aromatic rings. The zero-order valence-corrected chi connectivity index (χ0v) is 22.3. The van der Waals surface area contributed by atoms with Crippen molar-refractivity contribution >= 4 is 43.0 Å². The molecule has 0 bridgehead atoms. The van der Waals surface area contributed by atoms with E-state index in [0.717, 1.165) is 30.9 Å². The standard InChI is InChI=1S/C15H10O6.C6H10N4.As2O3/c16-8-4-11(19)15-12(20)6-13(21-14(15)5-8)7-1-2-9(17)10(18)3-7;1-2-4-6-7-8-9-10(6)5-3-1;3-1-5-2-4/h1-6,16-19H;1-5H2;. The molecule has 15 heteroatoms. The number of fused-ring (bicyclic) bond motifs is 2. The summed E-state index contributed by atoms with van der Waals surface area (Å²) in [5.74, 6) is -0.0795. The minimum absolute atomic E-state index is 0.0163. The summed E-state index contributed by atoms with van der Waals surface area (Å²) in [5, 5.41) is 49.3. The topological polar surface area (TPSA) is 198 Å². The van der Waals surface area contributed by atoms with Crippen molar-refractivity contribution < 1.29 is 35.0 Å². The predicted molar refractivity (Wildman–Crippen MR) is 124 cm³/mol. The molecule has 3 heterocycles. The molecule has 0 saturated carbocycles. The predicted octanol–water partition coefficient (Wildman–Crippen LogP) is 1.61. The summed E-state index contributed by atoms with van der Waals surface area (Å²) in [4.78, 5) is 12.0. The van der Waals surface area contributed by atoms with Crippen LogP contribution in [-0.4, -0.2) is 72.7 Å². The molecule has 1 aliphatic rings. The number of phenolic OH excluding ortho intramolecular Hbond substituents is 4. The van der Waals surface area contributed by atoms with Crippen LogP contribution in [0.5, 0.6) is 23.0 Å². The average Bonchev–Trinajstić information content (AvgIpc) is 3.17. The van der Waals surface area contributed by atoms with E-state index < -0.39 is 37.5 Å². The molecule has 0 unspecified atom stereocenters. The molecule has 0 fully saturated rings. The fourth-order valence-electron chi connectivity index (χ4n) is 3.38. The number of benzene rings is 2. The molecule has 0 aliphatic carbocycles. The van der Waals surface area contributed by atoms with Gasteiger partial charge in [0.1, 0.15) is 28.2 Å². The van der Waals surface area contributed by atoms with Gasteiger partial charge in [0, 0.05) is 36.7 Å². The number of nitrogens with zero attached hydrogens (tertiary/aromatic N) is 4. The third-order valence-electron chi connectivity index (χ3n) is 5.00. The average molecular weight is 622 g/mol. The van der Waals surface area contributed by atoms with Crippen LogP contribution < -0.4 is 5.43 Å². The molecule has 13 nitrogen and oxygen atoms in total. The van der Waals surface area contributed by atoms with Crippen molar-refractivity contribution in [1.29, 1.82) is 0 Å². The van der Waals surface area contributed by atoms with Crippen molar-refractivity contribution in [2.45, 2.75) is 32.2 Å². The molecule has 0 radical (unpaired) electrons. The van der Waals surface area contributed by atoms with Crippen LogP contribution in [0.2, 0.25) is 0 Å². The van der Waals surface area contributed by atoms with Crippen LogP contribution in [0.25, 0.3) is 22.3 Å². The van der Waals surface area contributed by atoms with E-state index in [2.05, 4.69) is 18.2 Å². The van der Waals surface area contributed by atoms with Gasteiger partial charge in [-0.1, -0.05) is 6.42 Å². The van der Waals surface area contributed by atoms with Crippen molar-refractivity contribution in [1.82, 2.24) is 20.2 Å². The summed E-state index contributed by atoms with van der Waals surface area (Å²) in [6.07, 6.45) is 4.80. The molecule has 4 N–H and O–H groups in total. The van der Waals surface area contributed by atoms with E-state index in [1.54, 1.807) is 0 Å². The van der Waals surface area contributed by atoms with Gasteiger partial charge >= 0.3 is 42.3 Å². The fourth-order valence-corrected chi connectivity index (χ4v) is 3.74. The van der Waals surface area contributed by atoms with Gasteiger partial charge in [0.05, 0.1) is 0 Å². The number of tetrazole rings is 1. The van der Waals surface area contributed by atoms with Crippen molar-refractivity contribution in [3.8, 4) is 34.3 Å². The van der Waals surface area contributed by atoms with Crippen molar-refractivity contribution in [2.75, 3.05) is 0 Å². The molecule has 2 aromatic heterocycles. The molecule has 0 saturated heterocycles. The van der Waals surface area contributed by atoms with Crippen LogP contribution >= 0.6 is 0 Å². The van der Waals surface area contributed by atoms with Gasteiger partial charge in [-0.05, 0) is 41.5 Å². The number of hydrogen-bond donors (Lipinski definition) is 4. The Morgan fingerprint density at radius 1 is 0.917 bits per heavy atom. The number of aromatic hydroxyl groups is 4. The molecule has 2 aromatic carbocycles. The maximum absolute atomic E-state index is 12.0. The van der Waals surface area contributed by atoms with Gasteiger partial charge in [0.25, 0.3) is 0 Å². The number of aromatic nitrogens is 4. The van der Waals surface area contributed by atoms with Gasteiger partial charge in [-0.25, -0.2) is 4.68 Å². The van der Waals surface area contributed by atoms with E-state index in [-0.39, 0.29) is 39.7 Å². The number of hydrogen-bond acceptors (Lipinski definition) is 12. The van der Waals surface area contributed by atoms with E-state index >= 15 is 0 Å². The maximum atomic E-state index is 12.0. The van der Waals surface area contributed by atoms with Crippen LogP contribution in [-0.2, 0) is 23.2 Å². The second-order valence-electron chi connectivity index (χ2n) is 7.38. The van der Waals surface area contributed by atoms with Crippen molar-refractivity contribution in [3.63, 3.8) is 0 Å². The minimum atomic E-state index is -1.30. The first-order chi connectivity index (χ1) is 17.3. The summed E-state index contributed by atoms with van der Waals surface area (Å²) in [5.41, 5.74) is -0.106. The molecule has 36 heavy (non-hydrogen) atoms. The van der Waals surface area contributed by atoms with E-state index in [1.165, 1.54) is 43.5 Å². The van der Waals surface area contributed by atoms with Crippen LogP contribution in [0.15, 0.2) is 45.6 Å². The summed E-state index contributed by atoms with van der Waals surface area (Å²) in [6, 6.07) is 7.37. The van der Waals surface area contributed by atoms with Crippen molar-refractivity contribution in [2.24, 2.45) is 0 Å². The minimum Gasteiger partial charge on any atom is -0.508 e. The molecule has 0 atom stereocenters. The quantitative estimate of drug-likeness (QED) is 0.191. The zero-order chi connectivity index (χ0) is 26.1. The third-order valence-corrected chi connectivity index (χ3v) is 6.73. The summed E-state index contributed by atoms with van der Waals surface area (Å²) < 4.78 is 29.7. The summed E-state index contributed by atoms with van der Waals surface area (Å²) in [6.45, 7) is 1.00.